The van der Waals surface area contributed by atoms with Crippen LogP contribution in [0.5, 0.6) is 5.75 Å². The molecule has 1 aromatic heterocycles. The van der Waals surface area contributed by atoms with Crippen molar-refractivity contribution in [1.29, 1.82) is 0 Å². The molecule has 0 spiro atoms. The molecular weight excluding hydrogens is 237 g/mol. The van der Waals surface area contributed by atoms with Crippen LogP contribution in [0, 0.1) is 5.82 Å². The number of benzene rings is 1. The van der Waals surface area contributed by atoms with Crippen LogP contribution in [-0.2, 0) is 13.7 Å². The van der Waals surface area contributed by atoms with Gasteiger partial charge in [-0.15, -0.1) is 0 Å². The van der Waals surface area contributed by atoms with E-state index in [0.717, 1.165) is 6.07 Å². The van der Waals surface area contributed by atoms with Gasteiger partial charge in [0, 0.05) is 12.6 Å². The first-order valence-corrected chi connectivity index (χ1v) is 5.34. The highest BCUT2D eigenvalue weighted by molar-refractivity contribution is 5.94. The SMILES string of the molecule is CC(=O)c1ccc(OCc2ncnn2C)c(F)c1. The summed E-state index contributed by atoms with van der Waals surface area (Å²) in [4.78, 5) is 15.0. The third kappa shape index (κ3) is 2.53. The molecule has 0 saturated heterocycles. The Hall–Kier alpha value is -2.24. The Bertz CT molecular complexity index is 580. The number of nitrogens with zero attached hydrogens (tertiary/aromatic N) is 3. The van der Waals surface area contributed by atoms with Gasteiger partial charge in [0.2, 0.25) is 0 Å². The highest BCUT2D eigenvalue weighted by Crippen LogP contribution is 2.19. The number of rotatable bonds is 4. The standard InChI is InChI=1S/C12H12FN3O2/c1-8(17)9-3-4-11(10(13)5-9)18-6-12-14-7-15-16(12)2/h3-5,7H,6H2,1-2H3. The molecule has 1 heterocycles. The lowest BCUT2D eigenvalue weighted by Gasteiger charge is -2.07. The summed E-state index contributed by atoms with van der Waals surface area (Å²) in [7, 11) is 1.72. The van der Waals surface area contributed by atoms with Gasteiger partial charge in [0.05, 0.1) is 0 Å². The van der Waals surface area contributed by atoms with E-state index in [0.29, 0.717) is 11.4 Å². The predicted molar refractivity (Wildman–Crippen MR) is 61.7 cm³/mol. The van der Waals surface area contributed by atoms with E-state index in [1.165, 1.54) is 25.4 Å². The van der Waals surface area contributed by atoms with Gasteiger partial charge >= 0.3 is 0 Å². The zero-order valence-corrected chi connectivity index (χ0v) is 10.1. The molecule has 0 fully saturated rings. The molecule has 2 aromatic rings. The number of halogens is 1. The number of Topliss-reactive ketones (excluding diaryl/α,β-unsaturated/α-hetero) is 1. The Morgan fingerprint density at radius 1 is 1.50 bits per heavy atom. The zero-order valence-electron chi connectivity index (χ0n) is 10.1. The Balaban J connectivity index is 2.11. The maximum Gasteiger partial charge on any atom is 0.165 e. The van der Waals surface area contributed by atoms with Crippen molar-refractivity contribution >= 4 is 5.78 Å². The third-order valence-corrected chi connectivity index (χ3v) is 2.50. The molecule has 0 radical (unpaired) electrons. The molecule has 0 atom stereocenters. The maximum atomic E-state index is 13.6. The van der Waals surface area contributed by atoms with Gasteiger partial charge in [0.1, 0.15) is 12.9 Å². The highest BCUT2D eigenvalue weighted by atomic mass is 19.1. The van der Waals surface area contributed by atoms with Gasteiger partial charge < -0.3 is 4.74 Å². The van der Waals surface area contributed by atoms with E-state index >= 15 is 0 Å². The van der Waals surface area contributed by atoms with Crippen molar-refractivity contribution in [3.63, 3.8) is 0 Å². The fourth-order valence-electron chi connectivity index (χ4n) is 1.43. The van der Waals surface area contributed by atoms with Crippen LogP contribution in [0.3, 0.4) is 0 Å². The number of aromatic nitrogens is 3. The van der Waals surface area contributed by atoms with Crippen molar-refractivity contribution in [1.82, 2.24) is 14.8 Å². The molecule has 94 valence electrons. The second kappa shape index (κ2) is 4.95. The van der Waals surface area contributed by atoms with Crippen LogP contribution in [0.1, 0.15) is 23.1 Å². The molecular formula is C12H12FN3O2. The summed E-state index contributed by atoms with van der Waals surface area (Å²) < 4.78 is 20.5. The minimum absolute atomic E-state index is 0.0861. The summed E-state index contributed by atoms with van der Waals surface area (Å²) in [6.07, 6.45) is 1.40. The Morgan fingerprint density at radius 2 is 2.28 bits per heavy atom. The summed E-state index contributed by atoms with van der Waals surface area (Å²) >= 11 is 0. The van der Waals surface area contributed by atoms with Gasteiger partial charge in [0.15, 0.2) is 23.2 Å². The molecule has 18 heavy (non-hydrogen) atoms. The molecule has 0 unspecified atom stereocenters. The van der Waals surface area contributed by atoms with Crippen LogP contribution in [-0.4, -0.2) is 20.5 Å². The molecule has 0 amide bonds. The summed E-state index contributed by atoms with van der Waals surface area (Å²) in [5.41, 5.74) is 0.318. The van der Waals surface area contributed by atoms with Crippen LogP contribution in [0.15, 0.2) is 24.5 Å². The maximum absolute atomic E-state index is 13.6. The third-order valence-electron chi connectivity index (χ3n) is 2.50. The molecule has 2 rings (SSSR count). The van der Waals surface area contributed by atoms with Crippen LogP contribution in [0.25, 0.3) is 0 Å². The molecule has 0 aliphatic rings. The van der Waals surface area contributed by atoms with Crippen molar-refractivity contribution < 1.29 is 13.9 Å². The van der Waals surface area contributed by atoms with E-state index < -0.39 is 5.82 Å². The quantitative estimate of drug-likeness (QED) is 0.774. The minimum Gasteiger partial charge on any atom is -0.483 e. The normalized spacial score (nSPS) is 10.4. The lowest BCUT2D eigenvalue weighted by molar-refractivity contribution is 0.101. The summed E-state index contributed by atoms with van der Waals surface area (Å²) in [6.45, 7) is 1.50. The number of carbonyl (C=O) groups is 1. The first-order chi connectivity index (χ1) is 8.58. The van der Waals surface area contributed by atoms with Crippen LogP contribution >= 0.6 is 0 Å². The van der Waals surface area contributed by atoms with Crippen LogP contribution in [0.2, 0.25) is 0 Å². The number of hydrogen-bond acceptors (Lipinski definition) is 4. The molecule has 1 aromatic carbocycles. The summed E-state index contributed by atoms with van der Waals surface area (Å²) in [6, 6.07) is 4.12. The van der Waals surface area contributed by atoms with Crippen molar-refractivity contribution in [2.45, 2.75) is 13.5 Å². The topological polar surface area (TPSA) is 57.0 Å². The van der Waals surface area contributed by atoms with E-state index in [-0.39, 0.29) is 18.1 Å². The number of ether oxygens (including phenoxy) is 1. The Morgan fingerprint density at radius 3 is 2.83 bits per heavy atom. The minimum atomic E-state index is -0.565. The fraction of sp³-hybridized carbons (Fsp3) is 0.250. The van der Waals surface area contributed by atoms with Gasteiger partial charge in [-0.3, -0.25) is 9.48 Å². The van der Waals surface area contributed by atoms with E-state index in [4.69, 9.17) is 4.74 Å². The first-order valence-electron chi connectivity index (χ1n) is 5.34. The first kappa shape index (κ1) is 12.2. The average Bonchev–Trinajstić information content (AvgIpc) is 2.73. The van der Waals surface area contributed by atoms with Crippen molar-refractivity contribution in [2.24, 2.45) is 7.05 Å². The molecule has 0 saturated carbocycles. The smallest absolute Gasteiger partial charge is 0.165 e. The summed E-state index contributed by atoms with van der Waals surface area (Å²) in [5.74, 6) is -0.0772. The molecule has 0 aliphatic heterocycles. The van der Waals surface area contributed by atoms with E-state index in [2.05, 4.69) is 10.1 Å². The van der Waals surface area contributed by atoms with E-state index in [1.807, 2.05) is 0 Å². The largest absolute Gasteiger partial charge is 0.483 e. The van der Waals surface area contributed by atoms with Gasteiger partial charge in [0.25, 0.3) is 0 Å². The fourth-order valence-corrected chi connectivity index (χ4v) is 1.43. The number of carbonyl (C=O) groups excluding carboxylic acids is 1. The van der Waals surface area contributed by atoms with Crippen molar-refractivity contribution in [2.75, 3.05) is 0 Å². The van der Waals surface area contributed by atoms with Gasteiger partial charge in [-0.05, 0) is 25.1 Å². The monoisotopic (exact) mass is 249 g/mol. The summed E-state index contributed by atoms with van der Waals surface area (Å²) in [5, 5.41) is 3.88. The van der Waals surface area contributed by atoms with E-state index in [1.54, 1.807) is 11.7 Å². The van der Waals surface area contributed by atoms with Gasteiger partial charge in [-0.25, -0.2) is 9.37 Å². The van der Waals surface area contributed by atoms with Gasteiger partial charge in [-0.1, -0.05) is 0 Å². The lowest BCUT2D eigenvalue weighted by Crippen LogP contribution is -2.05. The zero-order chi connectivity index (χ0) is 13.1. The second-order valence-electron chi connectivity index (χ2n) is 3.79. The second-order valence-corrected chi connectivity index (χ2v) is 3.79. The Labute approximate surface area is 103 Å². The lowest BCUT2D eigenvalue weighted by atomic mass is 10.1. The van der Waals surface area contributed by atoms with E-state index in [9.17, 15) is 9.18 Å². The molecule has 0 aliphatic carbocycles. The average molecular weight is 249 g/mol. The molecule has 0 N–H and O–H groups in total. The van der Waals surface area contributed by atoms with Gasteiger partial charge in [-0.2, -0.15) is 5.10 Å². The molecule has 5 nitrogen and oxygen atoms in total. The number of hydrogen-bond donors (Lipinski definition) is 0. The van der Waals surface area contributed by atoms with Crippen LogP contribution in [0.4, 0.5) is 4.39 Å². The number of aryl methyl sites for hydroxylation is 1. The molecule has 0 bridgehead atoms. The van der Waals surface area contributed by atoms with Crippen LogP contribution < -0.4 is 4.74 Å². The van der Waals surface area contributed by atoms with Crippen molar-refractivity contribution in [3.8, 4) is 5.75 Å². The Kier molecular flexibility index (Phi) is 3.36. The van der Waals surface area contributed by atoms with Crippen molar-refractivity contribution in [3.05, 3.63) is 41.7 Å². The highest BCUT2D eigenvalue weighted by Gasteiger charge is 2.09. The predicted octanol–water partition coefficient (Wildman–Crippen LogP) is 1.74. The molecule has 6 heteroatoms. The number of ketones is 1.